The van der Waals surface area contributed by atoms with Gasteiger partial charge < -0.3 is 20.4 Å². The first-order valence-electron chi connectivity index (χ1n) is 10.1. The number of nitrogens with one attached hydrogen (secondary N) is 2. The largest absolute Gasteiger partial charge is 0.362 e. The molecule has 8 heteroatoms. The second-order valence-electron chi connectivity index (χ2n) is 6.71. The Hall–Kier alpha value is -2.12. The van der Waals surface area contributed by atoms with E-state index in [2.05, 4.69) is 17.6 Å². The predicted molar refractivity (Wildman–Crippen MR) is 112 cm³/mol. The molecule has 0 aromatic heterocycles. The topological polar surface area (TPSA) is 98.8 Å². The molecule has 2 aliphatic rings. The standard InChI is InChI=1S/C13H22N2O2.C3H7NO.C2H5NO.C2H6/c1-3-13(9-15(10-13)11(2)16)8-12(17)14-6-4-5-7-14;1-3(5)4-2;1-3-2-4;1-2/h3-10H2,1-2H3;1-2H3,(H,4,5);2H,1H3,(H,3,4);1-2H3. The Morgan fingerprint density at radius 1 is 1.00 bits per heavy atom. The van der Waals surface area contributed by atoms with Crippen LogP contribution in [0.5, 0.6) is 0 Å². The predicted octanol–water partition coefficient (Wildman–Crippen LogP) is 1.40. The van der Waals surface area contributed by atoms with Crippen LogP contribution < -0.4 is 10.6 Å². The van der Waals surface area contributed by atoms with Crippen molar-refractivity contribution in [2.45, 2.75) is 60.3 Å². The Balaban J connectivity index is 0. The third-order valence-electron chi connectivity index (χ3n) is 4.70. The van der Waals surface area contributed by atoms with Gasteiger partial charge in [0.25, 0.3) is 0 Å². The van der Waals surface area contributed by atoms with Gasteiger partial charge in [0.1, 0.15) is 0 Å². The van der Waals surface area contributed by atoms with E-state index in [0.717, 1.165) is 45.4 Å². The summed E-state index contributed by atoms with van der Waals surface area (Å²) >= 11 is 0. The lowest BCUT2D eigenvalue weighted by Crippen LogP contribution is -2.59. The highest BCUT2D eigenvalue weighted by atomic mass is 16.2. The van der Waals surface area contributed by atoms with E-state index in [9.17, 15) is 14.4 Å². The Bertz CT molecular complexity index is 471. The molecule has 4 amide bonds. The zero-order valence-electron chi connectivity index (χ0n) is 18.8. The SMILES string of the molecule is CC.CCC1(CC(=O)N2CCCC2)CN(C(C)=O)C1.CNC(C)=O.CNC=O. The maximum absolute atomic E-state index is 12.1. The van der Waals surface area contributed by atoms with Gasteiger partial charge in [0.05, 0.1) is 0 Å². The van der Waals surface area contributed by atoms with Crippen LogP contribution in [0.25, 0.3) is 0 Å². The molecule has 2 fully saturated rings. The number of hydrogen-bond acceptors (Lipinski definition) is 4. The summed E-state index contributed by atoms with van der Waals surface area (Å²) in [5.41, 5.74) is 0.0609. The molecule has 0 spiro atoms. The smallest absolute Gasteiger partial charge is 0.223 e. The third kappa shape index (κ3) is 10.9. The molecule has 8 nitrogen and oxygen atoms in total. The molecule has 2 heterocycles. The molecular formula is C20H40N4O4. The first kappa shape index (κ1) is 28.1. The number of rotatable bonds is 4. The highest BCUT2D eigenvalue weighted by Gasteiger charge is 2.44. The lowest BCUT2D eigenvalue weighted by atomic mass is 9.74. The van der Waals surface area contributed by atoms with Gasteiger partial charge in [0, 0.05) is 66.0 Å². The second kappa shape index (κ2) is 15.9. The molecule has 2 rings (SSSR count). The Morgan fingerprint density at radius 2 is 1.43 bits per heavy atom. The van der Waals surface area contributed by atoms with Crippen molar-refractivity contribution in [3.05, 3.63) is 0 Å². The van der Waals surface area contributed by atoms with Crippen molar-refractivity contribution in [1.29, 1.82) is 0 Å². The van der Waals surface area contributed by atoms with Crippen molar-refractivity contribution in [2.24, 2.45) is 5.41 Å². The summed E-state index contributed by atoms with van der Waals surface area (Å²) in [6, 6.07) is 0. The minimum absolute atomic E-state index is 0.00463. The fraction of sp³-hybridized carbons (Fsp3) is 0.800. The highest BCUT2D eigenvalue weighted by Crippen LogP contribution is 2.38. The van der Waals surface area contributed by atoms with E-state index in [1.807, 2.05) is 23.6 Å². The van der Waals surface area contributed by atoms with Crippen molar-refractivity contribution in [1.82, 2.24) is 20.4 Å². The summed E-state index contributed by atoms with van der Waals surface area (Å²) in [7, 11) is 3.16. The molecule has 0 aromatic rings. The number of nitrogens with zero attached hydrogens (tertiary/aromatic N) is 2. The van der Waals surface area contributed by atoms with Crippen LogP contribution in [-0.2, 0) is 19.2 Å². The second-order valence-corrected chi connectivity index (χ2v) is 6.71. The van der Waals surface area contributed by atoms with Crippen LogP contribution in [0.4, 0.5) is 0 Å². The highest BCUT2D eigenvalue weighted by molar-refractivity contribution is 5.79. The lowest BCUT2D eigenvalue weighted by Gasteiger charge is -2.49. The average molecular weight is 401 g/mol. The number of hydrogen-bond donors (Lipinski definition) is 2. The van der Waals surface area contributed by atoms with Gasteiger partial charge >= 0.3 is 0 Å². The molecule has 2 aliphatic heterocycles. The van der Waals surface area contributed by atoms with E-state index >= 15 is 0 Å². The monoisotopic (exact) mass is 400 g/mol. The summed E-state index contributed by atoms with van der Waals surface area (Å²) in [5.74, 6) is 0.417. The zero-order chi connectivity index (χ0) is 22.2. The Morgan fingerprint density at radius 3 is 1.71 bits per heavy atom. The van der Waals surface area contributed by atoms with Crippen LogP contribution in [0, 0.1) is 5.41 Å². The van der Waals surface area contributed by atoms with Crippen molar-refractivity contribution in [3.63, 3.8) is 0 Å². The van der Waals surface area contributed by atoms with Crippen LogP contribution >= 0.6 is 0 Å². The van der Waals surface area contributed by atoms with E-state index in [-0.39, 0.29) is 23.1 Å². The molecule has 0 atom stereocenters. The van der Waals surface area contributed by atoms with E-state index in [1.165, 1.54) is 6.92 Å². The van der Waals surface area contributed by atoms with E-state index < -0.39 is 0 Å². The maximum Gasteiger partial charge on any atom is 0.223 e. The van der Waals surface area contributed by atoms with Gasteiger partial charge in [-0.3, -0.25) is 19.2 Å². The first-order valence-corrected chi connectivity index (χ1v) is 10.1. The molecule has 0 bridgehead atoms. The summed E-state index contributed by atoms with van der Waals surface area (Å²) < 4.78 is 0. The van der Waals surface area contributed by atoms with Gasteiger partial charge in [0.15, 0.2) is 0 Å². The number of carbonyl (C=O) groups is 4. The average Bonchev–Trinajstić information content (AvgIpc) is 3.21. The van der Waals surface area contributed by atoms with Gasteiger partial charge in [-0.15, -0.1) is 0 Å². The van der Waals surface area contributed by atoms with Crippen molar-refractivity contribution in [2.75, 3.05) is 40.3 Å². The Kier molecular flexibility index (Phi) is 15.9. The van der Waals surface area contributed by atoms with Crippen molar-refractivity contribution >= 4 is 24.1 Å². The number of likely N-dealkylation sites (tertiary alicyclic amines) is 2. The van der Waals surface area contributed by atoms with Gasteiger partial charge in [-0.1, -0.05) is 20.8 Å². The Labute approximate surface area is 170 Å². The summed E-state index contributed by atoms with van der Waals surface area (Å²) in [6.45, 7) is 12.6. The van der Waals surface area contributed by atoms with Gasteiger partial charge in [-0.2, -0.15) is 0 Å². The molecule has 0 aromatic carbocycles. The van der Waals surface area contributed by atoms with E-state index in [4.69, 9.17) is 4.79 Å². The van der Waals surface area contributed by atoms with Crippen LogP contribution in [0.1, 0.15) is 60.3 Å². The van der Waals surface area contributed by atoms with Crippen LogP contribution in [0.3, 0.4) is 0 Å². The van der Waals surface area contributed by atoms with Crippen molar-refractivity contribution in [3.8, 4) is 0 Å². The fourth-order valence-corrected chi connectivity index (χ4v) is 2.85. The summed E-state index contributed by atoms with van der Waals surface area (Å²) in [6.07, 6.45) is 4.51. The van der Waals surface area contributed by atoms with Gasteiger partial charge in [-0.25, -0.2) is 0 Å². The van der Waals surface area contributed by atoms with E-state index in [0.29, 0.717) is 12.8 Å². The molecular weight excluding hydrogens is 360 g/mol. The quantitative estimate of drug-likeness (QED) is 0.697. The minimum Gasteiger partial charge on any atom is -0.362 e. The molecule has 0 radical (unpaired) electrons. The van der Waals surface area contributed by atoms with Crippen molar-refractivity contribution < 1.29 is 19.2 Å². The van der Waals surface area contributed by atoms with Gasteiger partial charge in [0.2, 0.25) is 24.1 Å². The molecule has 2 N–H and O–H groups in total. The zero-order valence-corrected chi connectivity index (χ0v) is 18.8. The molecule has 0 unspecified atom stereocenters. The number of carbonyl (C=O) groups excluding carboxylic acids is 4. The first-order chi connectivity index (χ1) is 13.2. The third-order valence-corrected chi connectivity index (χ3v) is 4.70. The summed E-state index contributed by atoms with van der Waals surface area (Å²) in [4.78, 5) is 45.9. The molecule has 2 saturated heterocycles. The van der Waals surface area contributed by atoms with Gasteiger partial charge in [-0.05, 0) is 19.3 Å². The van der Waals surface area contributed by atoms with E-state index in [1.54, 1.807) is 21.0 Å². The fourth-order valence-electron chi connectivity index (χ4n) is 2.85. The lowest BCUT2D eigenvalue weighted by molar-refractivity contribution is -0.148. The van der Waals surface area contributed by atoms with Crippen LogP contribution in [0.2, 0.25) is 0 Å². The minimum atomic E-state index is 0.00463. The molecule has 164 valence electrons. The summed E-state index contributed by atoms with van der Waals surface area (Å²) in [5, 5.41) is 4.64. The molecule has 28 heavy (non-hydrogen) atoms. The molecule has 0 aliphatic carbocycles. The molecule has 0 saturated carbocycles. The van der Waals surface area contributed by atoms with Crippen LogP contribution in [-0.4, -0.2) is 74.2 Å². The van der Waals surface area contributed by atoms with Crippen LogP contribution in [0.15, 0.2) is 0 Å². The number of amides is 4. The maximum atomic E-state index is 12.1. The normalized spacial score (nSPS) is 15.8.